The van der Waals surface area contributed by atoms with E-state index in [1.54, 1.807) is 36.4 Å². The molecule has 0 amide bonds. The second kappa shape index (κ2) is 7.56. The zero-order valence-electron chi connectivity index (χ0n) is 12.3. The van der Waals surface area contributed by atoms with Crippen molar-refractivity contribution < 1.29 is 19.7 Å². The normalized spacial score (nSPS) is 10.1. The van der Waals surface area contributed by atoms with Crippen LogP contribution in [0.25, 0.3) is 0 Å². The van der Waals surface area contributed by atoms with Crippen molar-refractivity contribution >= 4 is 28.9 Å². The molecule has 0 heterocycles. The largest absolute Gasteiger partial charge is 0.509 e. The summed E-state index contributed by atoms with van der Waals surface area (Å²) < 4.78 is 4.87. The summed E-state index contributed by atoms with van der Waals surface area (Å²) in [7, 11) is 0. The Kier molecular flexibility index (Phi) is 5.49. The SMILES string of the molecule is C=C(O)COC(=O)Cc1ccccc1Nc1c(O)cccc1Cl. The molecule has 0 aromatic heterocycles. The van der Waals surface area contributed by atoms with Gasteiger partial charge in [0.2, 0.25) is 0 Å². The number of carbonyl (C=O) groups excluding carboxylic acids is 1. The molecule has 0 radical (unpaired) electrons. The number of rotatable bonds is 6. The highest BCUT2D eigenvalue weighted by atomic mass is 35.5. The third-order valence-electron chi connectivity index (χ3n) is 3.00. The lowest BCUT2D eigenvalue weighted by Crippen LogP contribution is -2.11. The number of benzene rings is 2. The molecule has 2 aromatic rings. The molecule has 0 aliphatic rings. The van der Waals surface area contributed by atoms with Crippen LogP contribution in [-0.2, 0) is 16.0 Å². The van der Waals surface area contributed by atoms with Gasteiger partial charge in [-0.25, -0.2) is 0 Å². The number of para-hydroxylation sites is 2. The zero-order chi connectivity index (χ0) is 16.8. The molecule has 0 saturated heterocycles. The lowest BCUT2D eigenvalue weighted by atomic mass is 10.1. The number of aromatic hydroxyl groups is 1. The maximum Gasteiger partial charge on any atom is 0.310 e. The first kappa shape index (κ1) is 16.7. The van der Waals surface area contributed by atoms with Crippen LogP contribution in [0.4, 0.5) is 11.4 Å². The van der Waals surface area contributed by atoms with Crippen LogP contribution >= 0.6 is 11.6 Å². The van der Waals surface area contributed by atoms with Crippen LogP contribution in [0.3, 0.4) is 0 Å². The van der Waals surface area contributed by atoms with Gasteiger partial charge in [0.05, 0.1) is 17.1 Å². The number of esters is 1. The second-order valence-corrected chi connectivity index (χ2v) is 5.23. The van der Waals surface area contributed by atoms with E-state index in [1.807, 2.05) is 0 Å². The van der Waals surface area contributed by atoms with Gasteiger partial charge in [0, 0.05) is 5.69 Å². The van der Waals surface area contributed by atoms with Crippen LogP contribution in [-0.4, -0.2) is 22.8 Å². The van der Waals surface area contributed by atoms with Crippen molar-refractivity contribution in [3.05, 3.63) is 65.4 Å². The molecule has 120 valence electrons. The molecule has 0 aliphatic carbocycles. The van der Waals surface area contributed by atoms with Gasteiger partial charge in [0.15, 0.2) is 0 Å². The topological polar surface area (TPSA) is 78.8 Å². The molecule has 0 atom stereocenters. The minimum Gasteiger partial charge on any atom is -0.509 e. The summed E-state index contributed by atoms with van der Waals surface area (Å²) >= 11 is 6.07. The number of hydrogen-bond acceptors (Lipinski definition) is 5. The van der Waals surface area contributed by atoms with Crippen molar-refractivity contribution in [3.8, 4) is 5.75 Å². The third kappa shape index (κ3) is 4.66. The summed E-state index contributed by atoms with van der Waals surface area (Å²) in [5, 5.41) is 22.2. The predicted molar refractivity (Wildman–Crippen MR) is 89.3 cm³/mol. The monoisotopic (exact) mass is 333 g/mol. The molecule has 0 spiro atoms. The maximum atomic E-state index is 11.8. The Hall–Kier alpha value is -2.66. The quantitative estimate of drug-likeness (QED) is 0.424. The van der Waals surface area contributed by atoms with Crippen molar-refractivity contribution in [3.63, 3.8) is 0 Å². The Labute approximate surface area is 138 Å². The standard InChI is InChI=1S/C17H16ClNO4/c1-11(20)10-23-16(22)9-12-5-2-3-7-14(12)19-17-13(18)6-4-8-15(17)21/h2-8,19-21H,1,9-10H2. The fourth-order valence-electron chi connectivity index (χ4n) is 1.94. The van der Waals surface area contributed by atoms with E-state index in [2.05, 4.69) is 11.9 Å². The summed E-state index contributed by atoms with van der Waals surface area (Å²) in [5.74, 6) is -0.713. The molecule has 2 aromatic carbocycles. The molecule has 0 unspecified atom stereocenters. The molecular weight excluding hydrogens is 318 g/mol. The number of halogens is 1. The highest BCUT2D eigenvalue weighted by molar-refractivity contribution is 6.33. The molecule has 23 heavy (non-hydrogen) atoms. The smallest absolute Gasteiger partial charge is 0.310 e. The van der Waals surface area contributed by atoms with Crippen LogP contribution in [0.5, 0.6) is 5.75 Å². The maximum absolute atomic E-state index is 11.8. The predicted octanol–water partition coefficient (Wildman–Crippen LogP) is 3.95. The number of aliphatic hydroxyl groups excluding tert-OH is 1. The van der Waals surface area contributed by atoms with Gasteiger partial charge in [0.1, 0.15) is 18.1 Å². The minimum atomic E-state index is -0.502. The van der Waals surface area contributed by atoms with E-state index in [0.29, 0.717) is 22.0 Å². The highest BCUT2D eigenvalue weighted by Gasteiger charge is 2.12. The van der Waals surface area contributed by atoms with Gasteiger partial charge in [-0.15, -0.1) is 0 Å². The average molecular weight is 334 g/mol. The summed E-state index contributed by atoms with van der Waals surface area (Å²) in [6.45, 7) is 3.01. The first-order chi connectivity index (χ1) is 11.0. The van der Waals surface area contributed by atoms with E-state index in [0.717, 1.165) is 0 Å². The first-order valence-electron chi connectivity index (χ1n) is 6.82. The van der Waals surface area contributed by atoms with Crippen LogP contribution in [0, 0.1) is 0 Å². The average Bonchev–Trinajstić information content (AvgIpc) is 2.50. The van der Waals surface area contributed by atoms with Gasteiger partial charge < -0.3 is 20.3 Å². The fraction of sp³-hybridized carbons (Fsp3) is 0.118. The lowest BCUT2D eigenvalue weighted by molar-refractivity contribution is -0.142. The van der Waals surface area contributed by atoms with Crippen molar-refractivity contribution in [2.24, 2.45) is 0 Å². The summed E-state index contributed by atoms with van der Waals surface area (Å²) in [4.78, 5) is 11.8. The van der Waals surface area contributed by atoms with E-state index in [-0.39, 0.29) is 24.5 Å². The van der Waals surface area contributed by atoms with E-state index in [1.165, 1.54) is 6.07 Å². The molecule has 0 aliphatic heterocycles. The molecule has 0 bridgehead atoms. The third-order valence-corrected chi connectivity index (χ3v) is 3.32. The van der Waals surface area contributed by atoms with Crippen molar-refractivity contribution in [2.45, 2.75) is 6.42 Å². The van der Waals surface area contributed by atoms with Gasteiger partial charge in [-0.05, 0) is 23.8 Å². The molecule has 0 saturated carbocycles. The Morgan fingerprint density at radius 2 is 1.96 bits per heavy atom. The molecule has 5 nitrogen and oxygen atoms in total. The fourth-order valence-corrected chi connectivity index (χ4v) is 2.15. The minimum absolute atomic E-state index is 0.00165. The van der Waals surface area contributed by atoms with Crippen molar-refractivity contribution in [1.29, 1.82) is 0 Å². The van der Waals surface area contributed by atoms with Crippen LogP contribution in [0.2, 0.25) is 5.02 Å². The number of carbonyl (C=O) groups is 1. The number of ether oxygens (including phenoxy) is 1. The number of phenols is 1. The van der Waals surface area contributed by atoms with Crippen LogP contribution in [0.1, 0.15) is 5.56 Å². The highest BCUT2D eigenvalue weighted by Crippen LogP contribution is 2.34. The molecule has 2 rings (SSSR count). The Morgan fingerprint density at radius 3 is 2.65 bits per heavy atom. The molecule has 6 heteroatoms. The number of anilines is 2. The number of phenolic OH excluding ortho intramolecular Hbond substituents is 1. The first-order valence-corrected chi connectivity index (χ1v) is 7.20. The number of hydrogen-bond donors (Lipinski definition) is 3. The van der Waals surface area contributed by atoms with Crippen molar-refractivity contribution in [1.82, 2.24) is 0 Å². The number of nitrogens with one attached hydrogen (secondary N) is 1. The summed E-state index contributed by atoms with van der Waals surface area (Å²) in [6, 6.07) is 11.9. The van der Waals surface area contributed by atoms with Gasteiger partial charge in [-0.1, -0.05) is 42.4 Å². The molecule has 3 N–H and O–H groups in total. The molecule has 0 fully saturated rings. The van der Waals surface area contributed by atoms with Gasteiger partial charge in [-0.2, -0.15) is 0 Å². The van der Waals surface area contributed by atoms with Gasteiger partial charge >= 0.3 is 5.97 Å². The lowest BCUT2D eigenvalue weighted by Gasteiger charge is -2.14. The van der Waals surface area contributed by atoms with Crippen LogP contribution in [0.15, 0.2) is 54.8 Å². The number of aliphatic hydroxyl groups is 1. The van der Waals surface area contributed by atoms with Gasteiger partial charge in [0.25, 0.3) is 0 Å². The Bertz CT molecular complexity index is 710. The Morgan fingerprint density at radius 1 is 1.22 bits per heavy atom. The second-order valence-electron chi connectivity index (χ2n) is 4.82. The summed E-state index contributed by atoms with van der Waals surface area (Å²) in [5.41, 5.74) is 1.65. The summed E-state index contributed by atoms with van der Waals surface area (Å²) in [6.07, 6.45) is 0.00165. The molecular formula is C17H16ClNO4. The van der Waals surface area contributed by atoms with E-state index in [4.69, 9.17) is 21.4 Å². The van der Waals surface area contributed by atoms with Crippen LogP contribution < -0.4 is 5.32 Å². The zero-order valence-corrected chi connectivity index (χ0v) is 13.0. The van der Waals surface area contributed by atoms with Gasteiger partial charge in [-0.3, -0.25) is 4.79 Å². The van der Waals surface area contributed by atoms with E-state index < -0.39 is 5.97 Å². The van der Waals surface area contributed by atoms with E-state index in [9.17, 15) is 9.90 Å². The van der Waals surface area contributed by atoms with Crippen molar-refractivity contribution in [2.75, 3.05) is 11.9 Å². The Balaban J connectivity index is 2.18. The van der Waals surface area contributed by atoms with E-state index >= 15 is 0 Å².